The summed E-state index contributed by atoms with van der Waals surface area (Å²) >= 11 is 1.64. The van der Waals surface area contributed by atoms with Crippen LogP contribution in [-0.4, -0.2) is 61.7 Å². The van der Waals surface area contributed by atoms with Crippen molar-refractivity contribution < 1.29 is 13.2 Å². The fourth-order valence-corrected chi connectivity index (χ4v) is 4.83. The van der Waals surface area contributed by atoms with Gasteiger partial charge in [-0.05, 0) is 43.4 Å². The van der Waals surface area contributed by atoms with Crippen LogP contribution in [-0.2, 0) is 10.0 Å². The molecule has 7 heteroatoms. The summed E-state index contributed by atoms with van der Waals surface area (Å²) in [5.74, 6) is 0.184. The van der Waals surface area contributed by atoms with Crippen LogP contribution >= 0.6 is 11.8 Å². The number of sulfonamides is 1. The molecule has 0 saturated carbocycles. The summed E-state index contributed by atoms with van der Waals surface area (Å²) in [6.45, 7) is 3.93. The van der Waals surface area contributed by atoms with E-state index in [1.54, 1.807) is 21.0 Å². The van der Waals surface area contributed by atoms with Crippen LogP contribution in [0.4, 0.5) is 0 Å². The third kappa shape index (κ3) is 4.97. The minimum atomic E-state index is -3.20. The smallest absolute Gasteiger partial charge is 0.253 e. The number of hydrogen-bond acceptors (Lipinski definition) is 4. The standard InChI is InChI=1S/C17H26N2O3S2/c1-3-4-14-24(21,22)19-11-5-10-18(12-13-19)17(20)15-6-8-16(23-2)9-7-15/h6-9H,3-5,10-14H2,1-2H3. The first kappa shape index (κ1) is 19.3. The maximum absolute atomic E-state index is 12.6. The largest absolute Gasteiger partial charge is 0.337 e. The van der Waals surface area contributed by atoms with Gasteiger partial charge in [0.2, 0.25) is 10.0 Å². The topological polar surface area (TPSA) is 57.7 Å². The number of thioether (sulfide) groups is 1. The van der Waals surface area contributed by atoms with Gasteiger partial charge in [-0.25, -0.2) is 12.7 Å². The molecule has 0 N–H and O–H groups in total. The molecule has 0 aromatic heterocycles. The van der Waals surface area contributed by atoms with Crippen LogP contribution in [0.5, 0.6) is 0 Å². The first-order valence-corrected chi connectivity index (χ1v) is 11.2. The molecule has 24 heavy (non-hydrogen) atoms. The van der Waals surface area contributed by atoms with Crippen LogP contribution in [0.15, 0.2) is 29.2 Å². The van der Waals surface area contributed by atoms with Crippen molar-refractivity contribution in [2.75, 3.05) is 38.2 Å². The van der Waals surface area contributed by atoms with Gasteiger partial charge in [-0.2, -0.15) is 0 Å². The predicted molar refractivity (Wildman–Crippen MR) is 99.0 cm³/mol. The van der Waals surface area contributed by atoms with Gasteiger partial charge in [-0.15, -0.1) is 11.8 Å². The fraction of sp³-hybridized carbons (Fsp3) is 0.588. The molecule has 1 fully saturated rings. The number of benzene rings is 1. The van der Waals surface area contributed by atoms with Crippen molar-refractivity contribution in [1.82, 2.24) is 9.21 Å². The molecule has 0 aliphatic carbocycles. The fourth-order valence-electron chi connectivity index (χ4n) is 2.75. The summed E-state index contributed by atoms with van der Waals surface area (Å²) in [4.78, 5) is 15.5. The van der Waals surface area contributed by atoms with E-state index in [-0.39, 0.29) is 11.7 Å². The highest BCUT2D eigenvalue weighted by Gasteiger charge is 2.26. The molecule has 0 atom stereocenters. The average Bonchev–Trinajstić information content (AvgIpc) is 2.86. The van der Waals surface area contributed by atoms with Crippen LogP contribution in [0.1, 0.15) is 36.5 Å². The van der Waals surface area contributed by atoms with E-state index in [4.69, 9.17) is 0 Å². The van der Waals surface area contributed by atoms with Gasteiger partial charge in [0.15, 0.2) is 0 Å². The number of nitrogens with zero attached hydrogens (tertiary/aromatic N) is 2. The van der Waals surface area contributed by atoms with E-state index in [9.17, 15) is 13.2 Å². The van der Waals surface area contributed by atoms with Crippen molar-refractivity contribution in [3.05, 3.63) is 29.8 Å². The number of unbranched alkanes of at least 4 members (excludes halogenated alkanes) is 1. The maximum Gasteiger partial charge on any atom is 0.253 e. The first-order chi connectivity index (χ1) is 11.5. The van der Waals surface area contributed by atoms with Crippen molar-refractivity contribution in [3.63, 3.8) is 0 Å². The van der Waals surface area contributed by atoms with E-state index in [2.05, 4.69) is 0 Å². The van der Waals surface area contributed by atoms with Crippen molar-refractivity contribution in [2.45, 2.75) is 31.1 Å². The van der Waals surface area contributed by atoms with Crippen molar-refractivity contribution in [1.29, 1.82) is 0 Å². The molecule has 5 nitrogen and oxygen atoms in total. The highest BCUT2D eigenvalue weighted by atomic mass is 32.2. The van der Waals surface area contributed by atoms with Gasteiger partial charge in [0.25, 0.3) is 5.91 Å². The van der Waals surface area contributed by atoms with Gasteiger partial charge in [0.05, 0.1) is 5.75 Å². The van der Waals surface area contributed by atoms with Crippen molar-refractivity contribution in [2.24, 2.45) is 0 Å². The Morgan fingerprint density at radius 2 is 1.83 bits per heavy atom. The van der Waals surface area contributed by atoms with E-state index in [1.807, 2.05) is 37.4 Å². The molecule has 0 unspecified atom stereocenters. The minimum Gasteiger partial charge on any atom is -0.337 e. The number of hydrogen-bond donors (Lipinski definition) is 0. The first-order valence-electron chi connectivity index (χ1n) is 8.39. The summed E-state index contributed by atoms with van der Waals surface area (Å²) < 4.78 is 26.2. The molecule has 1 saturated heterocycles. The molecule has 0 radical (unpaired) electrons. The summed E-state index contributed by atoms with van der Waals surface area (Å²) in [5.41, 5.74) is 0.662. The Balaban J connectivity index is 2.00. The molecule has 1 aliphatic rings. The summed E-state index contributed by atoms with van der Waals surface area (Å²) in [7, 11) is -3.20. The number of carbonyl (C=O) groups is 1. The van der Waals surface area contributed by atoms with Gasteiger partial charge in [0.1, 0.15) is 0 Å². The normalized spacial score (nSPS) is 16.8. The predicted octanol–water partition coefficient (Wildman–Crippen LogP) is 2.69. The van der Waals surface area contributed by atoms with Crippen LogP contribution in [0.3, 0.4) is 0 Å². The van der Waals surface area contributed by atoms with E-state index in [1.165, 1.54) is 0 Å². The Bertz CT molecular complexity index is 644. The van der Waals surface area contributed by atoms with Gasteiger partial charge < -0.3 is 4.90 Å². The molecule has 134 valence electrons. The quantitative estimate of drug-likeness (QED) is 0.723. The molecule has 1 heterocycles. The lowest BCUT2D eigenvalue weighted by Crippen LogP contribution is -2.38. The Morgan fingerprint density at radius 1 is 1.12 bits per heavy atom. The van der Waals surface area contributed by atoms with Crippen molar-refractivity contribution in [3.8, 4) is 0 Å². The zero-order valence-corrected chi connectivity index (χ0v) is 16.0. The molecule has 1 aromatic carbocycles. The highest BCUT2D eigenvalue weighted by molar-refractivity contribution is 7.98. The molecule has 0 spiro atoms. The molecule has 0 bridgehead atoms. The summed E-state index contributed by atoms with van der Waals surface area (Å²) in [6, 6.07) is 7.57. The molecule has 2 rings (SSSR count). The second-order valence-electron chi connectivity index (χ2n) is 5.94. The molecule has 1 aromatic rings. The lowest BCUT2D eigenvalue weighted by atomic mass is 10.2. The van der Waals surface area contributed by atoms with Crippen LogP contribution in [0.25, 0.3) is 0 Å². The molecular weight excluding hydrogens is 344 g/mol. The molecule has 1 aliphatic heterocycles. The second kappa shape index (κ2) is 8.87. The van der Waals surface area contributed by atoms with Gasteiger partial charge >= 0.3 is 0 Å². The summed E-state index contributed by atoms with van der Waals surface area (Å²) in [6.07, 6.45) is 4.23. The van der Waals surface area contributed by atoms with E-state index >= 15 is 0 Å². The third-order valence-corrected chi connectivity index (χ3v) is 6.93. The highest BCUT2D eigenvalue weighted by Crippen LogP contribution is 2.17. The van der Waals surface area contributed by atoms with E-state index in [0.29, 0.717) is 44.6 Å². The van der Waals surface area contributed by atoms with E-state index < -0.39 is 10.0 Å². The van der Waals surface area contributed by atoms with E-state index in [0.717, 1.165) is 11.3 Å². The average molecular weight is 371 g/mol. The van der Waals surface area contributed by atoms with Crippen LogP contribution in [0, 0.1) is 0 Å². The number of amides is 1. The number of rotatable bonds is 6. The van der Waals surface area contributed by atoms with Gasteiger partial charge in [-0.3, -0.25) is 4.79 Å². The van der Waals surface area contributed by atoms with Crippen LogP contribution < -0.4 is 0 Å². The Labute approximate surface area is 149 Å². The SMILES string of the molecule is CCCCS(=O)(=O)N1CCCN(C(=O)c2ccc(SC)cc2)CC1. The monoisotopic (exact) mass is 370 g/mol. The Morgan fingerprint density at radius 3 is 2.46 bits per heavy atom. The van der Waals surface area contributed by atoms with Gasteiger partial charge in [-0.1, -0.05) is 13.3 Å². The number of carbonyl (C=O) groups excluding carboxylic acids is 1. The lowest BCUT2D eigenvalue weighted by molar-refractivity contribution is 0.0764. The lowest BCUT2D eigenvalue weighted by Gasteiger charge is -2.22. The molecular formula is C17H26N2O3S2. The van der Waals surface area contributed by atoms with Crippen LogP contribution in [0.2, 0.25) is 0 Å². The summed E-state index contributed by atoms with van der Waals surface area (Å²) in [5, 5.41) is 0. The second-order valence-corrected chi connectivity index (χ2v) is 8.91. The third-order valence-electron chi connectivity index (χ3n) is 4.23. The Hall–Kier alpha value is -1.05. The molecule has 1 amide bonds. The minimum absolute atomic E-state index is 0.0181. The van der Waals surface area contributed by atoms with Gasteiger partial charge in [0, 0.05) is 36.6 Å². The zero-order chi connectivity index (χ0) is 17.6. The zero-order valence-electron chi connectivity index (χ0n) is 14.4. The Kier molecular flexibility index (Phi) is 7.13. The van der Waals surface area contributed by atoms with Crippen molar-refractivity contribution >= 4 is 27.7 Å². The maximum atomic E-state index is 12.6.